The quantitative estimate of drug-likeness (QED) is 0.853. The molecule has 1 unspecified atom stereocenters. The van der Waals surface area contributed by atoms with Gasteiger partial charge in [-0.3, -0.25) is 4.68 Å². The number of ether oxygens (including phenoxy) is 1. The molecule has 0 aliphatic carbocycles. The van der Waals surface area contributed by atoms with Crippen LogP contribution in [-0.2, 0) is 19.9 Å². The molecule has 0 spiro atoms. The summed E-state index contributed by atoms with van der Waals surface area (Å²) in [6.07, 6.45) is 7.35. The Bertz CT molecular complexity index is 508. The van der Waals surface area contributed by atoms with Crippen LogP contribution in [0.3, 0.4) is 0 Å². The second kappa shape index (κ2) is 6.33. The van der Waals surface area contributed by atoms with Gasteiger partial charge < -0.3 is 9.84 Å². The Kier molecular flexibility index (Phi) is 4.52. The molecule has 0 aliphatic heterocycles. The molecule has 2 aromatic rings. The highest BCUT2D eigenvalue weighted by molar-refractivity contribution is 5.18. The van der Waals surface area contributed by atoms with Gasteiger partial charge in [-0.1, -0.05) is 6.07 Å². The highest BCUT2D eigenvalue weighted by Gasteiger charge is 2.07. The smallest absolute Gasteiger partial charge is 0.212 e. The van der Waals surface area contributed by atoms with Gasteiger partial charge in [-0.05, 0) is 30.4 Å². The zero-order valence-electron chi connectivity index (χ0n) is 11.3. The first kappa shape index (κ1) is 13.5. The van der Waals surface area contributed by atoms with Crippen molar-refractivity contribution in [1.29, 1.82) is 0 Å². The molecular formula is C14H19N3O2. The topological polar surface area (TPSA) is 60.2 Å². The minimum Gasteiger partial charge on any atom is -0.481 e. The van der Waals surface area contributed by atoms with E-state index in [-0.39, 0.29) is 6.10 Å². The fourth-order valence-corrected chi connectivity index (χ4v) is 1.96. The highest BCUT2D eigenvalue weighted by Crippen LogP contribution is 2.11. The zero-order chi connectivity index (χ0) is 13.7. The summed E-state index contributed by atoms with van der Waals surface area (Å²) in [7, 11) is 3.48. The van der Waals surface area contributed by atoms with Crippen LogP contribution in [0.2, 0.25) is 0 Å². The van der Waals surface area contributed by atoms with Crippen LogP contribution in [0.4, 0.5) is 0 Å². The van der Waals surface area contributed by atoms with Gasteiger partial charge in [0.15, 0.2) is 0 Å². The van der Waals surface area contributed by atoms with Crippen molar-refractivity contribution < 1.29 is 9.84 Å². The van der Waals surface area contributed by atoms with E-state index in [2.05, 4.69) is 10.1 Å². The maximum atomic E-state index is 10.0. The molecule has 0 saturated carbocycles. The maximum Gasteiger partial charge on any atom is 0.212 e. The van der Waals surface area contributed by atoms with Crippen molar-refractivity contribution in [2.24, 2.45) is 7.05 Å². The fourth-order valence-electron chi connectivity index (χ4n) is 1.96. The van der Waals surface area contributed by atoms with E-state index >= 15 is 0 Å². The molecule has 5 heteroatoms. The average Bonchev–Trinajstić information content (AvgIpc) is 2.83. The minimum atomic E-state index is -0.365. The van der Waals surface area contributed by atoms with E-state index in [1.54, 1.807) is 18.0 Å². The normalized spacial score (nSPS) is 12.4. The lowest BCUT2D eigenvalue weighted by Crippen LogP contribution is -2.11. The van der Waals surface area contributed by atoms with Crippen LogP contribution in [0.5, 0.6) is 5.88 Å². The van der Waals surface area contributed by atoms with Crippen molar-refractivity contribution in [3.63, 3.8) is 0 Å². The Balaban J connectivity index is 1.81. The Morgan fingerprint density at radius 2 is 2.16 bits per heavy atom. The molecule has 0 bridgehead atoms. The van der Waals surface area contributed by atoms with Gasteiger partial charge >= 0.3 is 0 Å². The van der Waals surface area contributed by atoms with E-state index in [1.165, 1.54) is 0 Å². The lowest BCUT2D eigenvalue weighted by atomic mass is 10.0. The Morgan fingerprint density at radius 3 is 2.74 bits per heavy atom. The molecule has 5 nitrogen and oxygen atoms in total. The fraction of sp³-hybridized carbons (Fsp3) is 0.429. The molecule has 0 amide bonds. The number of pyridine rings is 1. The highest BCUT2D eigenvalue weighted by atomic mass is 16.5. The number of aromatic nitrogens is 3. The summed E-state index contributed by atoms with van der Waals surface area (Å²) >= 11 is 0. The molecule has 0 aliphatic rings. The van der Waals surface area contributed by atoms with Crippen LogP contribution in [0, 0.1) is 0 Å². The van der Waals surface area contributed by atoms with Crippen molar-refractivity contribution in [1.82, 2.24) is 14.8 Å². The van der Waals surface area contributed by atoms with Gasteiger partial charge in [0.25, 0.3) is 0 Å². The van der Waals surface area contributed by atoms with Crippen LogP contribution in [-0.4, -0.2) is 33.1 Å². The molecule has 1 atom stereocenters. The lowest BCUT2D eigenvalue weighted by Gasteiger charge is -2.09. The molecular weight excluding hydrogens is 242 g/mol. The minimum absolute atomic E-state index is 0.365. The number of hydrogen-bond donors (Lipinski definition) is 1. The third-order valence-corrected chi connectivity index (χ3v) is 3.00. The molecule has 0 radical (unpaired) electrons. The second-order valence-corrected chi connectivity index (χ2v) is 4.63. The lowest BCUT2D eigenvalue weighted by molar-refractivity contribution is 0.165. The maximum absolute atomic E-state index is 10.0. The molecule has 2 aromatic heterocycles. The molecule has 102 valence electrons. The molecule has 19 heavy (non-hydrogen) atoms. The number of hydrogen-bond acceptors (Lipinski definition) is 4. The van der Waals surface area contributed by atoms with Crippen LogP contribution < -0.4 is 4.74 Å². The molecule has 0 saturated heterocycles. The average molecular weight is 261 g/mol. The van der Waals surface area contributed by atoms with E-state index in [0.29, 0.717) is 12.3 Å². The monoisotopic (exact) mass is 261 g/mol. The number of aliphatic hydroxyl groups is 1. The van der Waals surface area contributed by atoms with Crippen LogP contribution in [0.15, 0.2) is 30.7 Å². The first-order chi connectivity index (χ1) is 9.17. The SMILES string of the molecule is COc1ccc(CC(O)CCc2cnn(C)c2)cn1. The van der Waals surface area contributed by atoms with Gasteiger partial charge in [0.1, 0.15) is 0 Å². The summed E-state index contributed by atoms with van der Waals surface area (Å²) < 4.78 is 6.77. The molecule has 0 aromatic carbocycles. The number of aryl methyl sites for hydroxylation is 2. The number of methoxy groups -OCH3 is 1. The van der Waals surface area contributed by atoms with Crippen molar-refractivity contribution >= 4 is 0 Å². The van der Waals surface area contributed by atoms with E-state index in [1.807, 2.05) is 31.6 Å². The Labute approximate surface area is 112 Å². The van der Waals surface area contributed by atoms with Gasteiger partial charge in [0, 0.05) is 25.5 Å². The third kappa shape index (κ3) is 4.06. The standard InChI is InChI=1S/C14H19N3O2/c1-17-10-12(9-16-17)3-5-13(18)7-11-4-6-14(19-2)15-8-11/h4,6,8-10,13,18H,3,5,7H2,1-2H3. The predicted octanol–water partition coefficient (Wildman–Crippen LogP) is 1.36. The first-order valence-corrected chi connectivity index (χ1v) is 6.32. The summed E-state index contributed by atoms with van der Waals surface area (Å²) in [5, 5.41) is 14.1. The van der Waals surface area contributed by atoms with Crippen LogP contribution in [0.1, 0.15) is 17.5 Å². The van der Waals surface area contributed by atoms with Crippen LogP contribution in [0.25, 0.3) is 0 Å². The van der Waals surface area contributed by atoms with Crippen molar-refractivity contribution in [2.45, 2.75) is 25.4 Å². The van der Waals surface area contributed by atoms with Gasteiger partial charge in [0.2, 0.25) is 5.88 Å². The van der Waals surface area contributed by atoms with E-state index in [4.69, 9.17) is 4.74 Å². The number of aliphatic hydroxyl groups excluding tert-OH is 1. The van der Waals surface area contributed by atoms with Gasteiger partial charge in [-0.25, -0.2) is 4.98 Å². The second-order valence-electron chi connectivity index (χ2n) is 4.63. The van der Waals surface area contributed by atoms with Crippen molar-refractivity contribution in [3.05, 3.63) is 41.9 Å². The number of nitrogens with zero attached hydrogens (tertiary/aromatic N) is 3. The zero-order valence-corrected chi connectivity index (χ0v) is 11.3. The molecule has 2 heterocycles. The van der Waals surface area contributed by atoms with Gasteiger partial charge in [0.05, 0.1) is 19.4 Å². The molecule has 0 fully saturated rings. The summed E-state index contributed by atoms with van der Waals surface area (Å²) in [6.45, 7) is 0. The largest absolute Gasteiger partial charge is 0.481 e. The van der Waals surface area contributed by atoms with Crippen molar-refractivity contribution in [3.8, 4) is 5.88 Å². The van der Waals surface area contributed by atoms with Gasteiger partial charge in [-0.2, -0.15) is 5.10 Å². The summed E-state index contributed by atoms with van der Waals surface area (Å²) in [5.74, 6) is 0.591. The molecule has 1 N–H and O–H groups in total. The van der Waals surface area contributed by atoms with E-state index < -0.39 is 0 Å². The van der Waals surface area contributed by atoms with Crippen molar-refractivity contribution in [2.75, 3.05) is 7.11 Å². The Hall–Kier alpha value is -1.88. The van der Waals surface area contributed by atoms with E-state index in [0.717, 1.165) is 24.0 Å². The first-order valence-electron chi connectivity index (χ1n) is 6.32. The molecule has 2 rings (SSSR count). The summed E-state index contributed by atoms with van der Waals surface area (Å²) in [5.41, 5.74) is 2.16. The Morgan fingerprint density at radius 1 is 1.32 bits per heavy atom. The summed E-state index contributed by atoms with van der Waals surface area (Å²) in [4.78, 5) is 4.13. The van der Waals surface area contributed by atoms with Crippen LogP contribution >= 0.6 is 0 Å². The van der Waals surface area contributed by atoms with Gasteiger partial charge in [-0.15, -0.1) is 0 Å². The third-order valence-electron chi connectivity index (χ3n) is 3.00. The number of rotatable bonds is 6. The predicted molar refractivity (Wildman–Crippen MR) is 72.0 cm³/mol. The summed E-state index contributed by atoms with van der Waals surface area (Å²) in [6, 6.07) is 3.74. The van der Waals surface area contributed by atoms with E-state index in [9.17, 15) is 5.11 Å².